The zero-order valence-electron chi connectivity index (χ0n) is 11.2. The van der Waals surface area contributed by atoms with Gasteiger partial charge in [-0.15, -0.1) is 11.8 Å². The Hall–Kier alpha value is -1.30. The summed E-state index contributed by atoms with van der Waals surface area (Å²) in [5.74, 6) is 1.36. The van der Waals surface area contributed by atoms with E-state index in [1.165, 1.54) is 18.2 Å². The monoisotopic (exact) mass is 341 g/mol. The number of halogens is 2. The fourth-order valence-electron chi connectivity index (χ4n) is 1.78. The zero-order valence-corrected chi connectivity index (χ0v) is 13.6. The molecule has 2 rings (SSSR count). The standard InChI is InChI=1S/C15H13ClFNOS2/c1-2-21-13-5-3-4-12(14(13)15(18)20)19-9-6-7-11(17)10(16)8-9/h3-8H,2H2,1H3,(H2,18,20). The van der Waals surface area contributed by atoms with Crippen molar-refractivity contribution in [2.45, 2.75) is 11.8 Å². The predicted molar refractivity (Wildman–Crippen MR) is 90.2 cm³/mol. The van der Waals surface area contributed by atoms with Gasteiger partial charge in [0, 0.05) is 11.0 Å². The smallest absolute Gasteiger partial charge is 0.142 e. The van der Waals surface area contributed by atoms with Crippen molar-refractivity contribution < 1.29 is 9.13 Å². The van der Waals surface area contributed by atoms with E-state index in [2.05, 4.69) is 0 Å². The SMILES string of the molecule is CCSc1cccc(Oc2ccc(F)c(Cl)c2)c1C(N)=S. The summed E-state index contributed by atoms with van der Waals surface area (Å²) in [4.78, 5) is 1.21. The average molecular weight is 342 g/mol. The summed E-state index contributed by atoms with van der Waals surface area (Å²) >= 11 is 12.5. The Bertz CT molecular complexity index is 679. The van der Waals surface area contributed by atoms with Crippen LogP contribution >= 0.6 is 35.6 Å². The van der Waals surface area contributed by atoms with Crippen LogP contribution in [0.3, 0.4) is 0 Å². The Labute approximate surface area is 137 Å². The second-order valence-electron chi connectivity index (χ2n) is 4.10. The van der Waals surface area contributed by atoms with Crippen LogP contribution in [0.15, 0.2) is 41.3 Å². The highest BCUT2D eigenvalue weighted by atomic mass is 35.5. The van der Waals surface area contributed by atoms with Gasteiger partial charge >= 0.3 is 0 Å². The quantitative estimate of drug-likeness (QED) is 0.612. The van der Waals surface area contributed by atoms with Crippen LogP contribution in [0.5, 0.6) is 11.5 Å². The van der Waals surface area contributed by atoms with Crippen LogP contribution in [0, 0.1) is 5.82 Å². The molecule has 21 heavy (non-hydrogen) atoms. The molecule has 2 aromatic carbocycles. The Kier molecular flexibility index (Phi) is 5.45. The van der Waals surface area contributed by atoms with Gasteiger partial charge in [-0.2, -0.15) is 0 Å². The number of thiocarbonyl (C=S) groups is 1. The Morgan fingerprint density at radius 1 is 1.38 bits per heavy atom. The lowest BCUT2D eigenvalue weighted by Gasteiger charge is -2.14. The van der Waals surface area contributed by atoms with E-state index in [9.17, 15) is 4.39 Å². The number of benzene rings is 2. The fraction of sp³-hybridized carbons (Fsp3) is 0.133. The summed E-state index contributed by atoms with van der Waals surface area (Å²) in [6, 6.07) is 9.74. The van der Waals surface area contributed by atoms with Crippen molar-refractivity contribution in [2.24, 2.45) is 5.73 Å². The number of thioether (sulfide) groups is 1. The Balaban J connectivity index is 2.41. The first kappa shape index (κ1) is 16.1. The molecule has 0 saturated carbocycles. The third-order valence-electron chi connectivity index (χ3n) is 2.65. The maximum Gasteiger partial charge on any atom is 0.142 e. The lowest BCUT2D eigenvalue weighted by atomic mass is 10.2. The maximum absolute atomic E-state index is 13.2. The van der Waals surface area contributed by atoms with Gasteiger partial charge in [0.25, 0.3) is 0 Å². The van der Waals surface area contributed by atoms with Crippen molar-refractivity contribution in [2.75, 3.05) is 5.75 Å². The summed E-state index contributed by atoms with van der Waals surface area (Å²) < 4.78 is 18.9. The van der Waals surface area contributed by atoms with Gasteiger partial charge in [-0.05, 0) is 30.0 Å². The van der Waals surface area contributed by atoms with E-state index in [-0.39, 0.29) is 10.0 Å². The van der Waals surface area contributed by atoms with Crippen molar-refractivity contribution in [3.05, 3.63) is 52.8 Å². The summed E-state index contributed by atoms with van der Waals surface area (Å²) in [7, 11) is 0. The minimum atomic E-state index is -0.492. The summed E-state index contributed by atoms with van der Waals surface area (Å²) in [5.41, 5.74) is 6.49. The van der Waals surface area contributed by atoms with E-state index in [0.29, 0.717) is 17.1 Å². The second kappa shape index (κ2) is 7.11. The molecular formula is C15H13ClFNOS2. The van der Waals surface area contributed by atoms with E-state index >= 15 is 0 Å². The summed E-state index contributed by atoms with van der Waals surface area (Å²) in [6.07, 6.45) is 0. The molecular weight excluding hydrogens is 329 g/mol. The molecule has 2 aromatic rings. The minimum Gasteiger partial charge on any atom is -0.457 e. The van der Waals surface area contributed by atoms with Crippen molar-refractivity contribution in [3.63, 3.8) is 0 Å². The first-order chi connectivity index (χ1) is 10.0. The fourth-order valence-corrected chi connectivity index (χ4v) is 3.07. The van der Waals surface area contributed by atoms with Gasteiger partial charge in [-0.3, -0.25) is 0 Å². The molecule has 0 unspecified atom stereocenters. The average Bonchev–Trinajstić information content (AvgIpc) is 2.43. The van der Waals surface area contributed by atoms with Crippen molar-refractivity contribution in [1.29, 1.82) is 0 Å². The predicted octanol–water partition coefficient (Wildman–Crippen LogP) is 5.02. The highest BCUT2D eigenvalue weighted by molar-refractivity contribution is 7.99. The van der Waals surface area contributed by atoms with Crippen LogP contribution in [0.4, 0.5) is 4.39 Å². The van der Waals surface area contributed by atoms with Gasteiger partial charge in [0.1, 0.15) is 22.3 Å². The van der Waals surface area contributed by atoms with Crippen molar-refractivity contribution >= 4 is 40.6 Å². The largest absolute Gasteiger partial charge is 0.457 e. The van der Waals surface area contributed by atoms with Gasteiger partial charge < -0.3 is 10.5 Å². The molecule has 110 valence electrons. The van der Waals surface area contributed by atoms with Gasteiger partial charge in [0.05, 0.1) is 10.6 Å². The van der Waals surface area contributed by atoms with Crippen LogP contribution in [-0.2, 0) is 0 Å². The molecule has 0 aromatic heterocycles. The normalized spacial score (nSPS) is 10.4. The van der Waals surface area contributed by atoms with E-state index < -0.39 is 5.82 Å². The van der Waals surface area contributed by atoms with E-state index in [1.54, 1.807) is 17.8 Å². The third-order valence-corrected chi connectivity index (χ3v) is 4.09. The first-order valence-electron chi connectivity index (χ1n) is 6.21. The molecule has 0 aliphatic heterocycles. The molecule has 0 radical (unpaired) electrons. The number of nitrogens with two attached hydrogens (primary N) is 1. The van der Waals surface area contributed by atoms with Crippen LogP contribution in [0.1, 0.15) is 12.5 Å². The minimum absolute atomic E-state index is 0.00321. The molecule has 2 nitrogen and oxygen atoms in total. The van der Waals surface area contributed by atoms with E-state index in [4.69, 9.17) is 34.3 Å². The number of hydrogen-bond acceptors (Lipinski definition) is 3. The highest BCUT2D eigenvalue weighted by Gasteiger charge is 2.13. The summed E-state index contributed by atoms with van der Waals surface area (Å²) in [6.45, 7) is 2.04. The molecule has 0 saturated heterocycles. The number of ether oxygens (including phenoxy) is 1. The second-order valence-corrected chi connectivity index (χ2v) is 6.26. The van der Waals surface area contributed by atoms with Gasteiger partial charge in [0.15, 0.2) is 0 Å². The molecule has 0 spiro atoms. The molecule has 0 fully saturated rings. The number of hydrogen-bond donors (Lipinski definition) is 1. The van der Waals surface area contributed by atoms with Crippen LogP contribution in [0.2, 0.25) is 5.02 Å². The Morgan fingerprint density at radius 2 is 2.14 bits per heavy atom. The highest BCUT2D eigenvalue weighted by Crippen LogP contribution is 2.34. The molecule has 0 atom stereocenters. The lowest BCUT2D eigenvalue weighted by molar-refractivity contribution is 0.478. The lowest BCUT2D eigenvalue weighted by Crippen LogP contribution is -2.12. The van der Waals surface area contributed by atoms with Crippen LogP contribution in [-0.4, -0.2) is 10.7 Å². The van der Waals surface area contributed by atoms with Crippen molar-refractivity contribution in [3.8, 4) is 11.5 Å². The number of rotatable bonds is 5. The van der Waals surface area contributed by atoms with Gasteiger partial charge in [-0.25, -0.2) is 4.39 Å². The zero-order chi connectivity index (χ0) is 15.4. The summed E-state index contributed by atoms with van der Waals surface area (Å²) in [5, 5.41) is 0.00321. The van der Waals surface area contributed by atoms with Gasteiger partial charge in [-0.1, -0.05) is 36.8 Å². The molecule has 0 aliphatic carbocycles. The molecule has 6 heteroatoms. The molecule has 0 amide bonds. The third kappa shape index (κ3) is 3.87. The van der Waals surface area contributed by atoms with Crippen LogP contribution < -0.4 is 10.5 Å². The van der Waals surface area contributed by atoms with Gasteiger partial charge in [0.2, 0.25) is 0 Å². The molecule has 2 N–H and O–H groups in total. The van der Waals surface area contributed by atoms with E-state index in [1.807, 2.05) is 19.1 Å². The maximum atomic E-state index is 13.2. The van der Waals surface area contributed by atoms with Crippen molar-refractivity contribution in [1.82, 2.24) is 0 Å². The topological polar surface area (TPSA) is 35.2 Å². The first-order valence-corrected chi connectivity index (χ1v) is 7.98. The van der Waals surface area contributed by atoms with E-state index in [0.717, 1.165) is 10.6 Å². The molecule has 0 bridgehead atoms. The molecule has 0 aliphatic rings. The Morgan fingerprint density at radius 3 is 2.76 bits per heavy atom. The van der Waals surface area contributed by atoms with Crippen LogP contribution in [0.25, 0.3) is 0 Å². The molecule has 0 heterocycles.